The maximum Gasteiger partial charge on any atom is 0.201 e. The lowest BCUT2D eigenvalue weighted by atomic mass is 10.1. The molecular weight excluding hydrogens is 257 g/mol. The van der Waals surface area contributed by atoms with E-state index in [1.165, 1.54) is 12.1 Å². The fourth-order valence-electron chi connectivity index (χ4n) is 2.32. The number of rotatable bonds is 2. The summed E-state index contributed by atoms with van der Waals surface area (Å²) in [6, 6.07) is 2.89. The van der Waals surface area contributed by atoms with Gasteiger partial charge in [-0.05, 0) is 12.5 Å². The number of ether oxygens (including phenoxy) is 1. The van der Waals surface area contributed by atoms with Crippen LogP contribution in [-0.2, 0) is 11.3 Å². The normalized spacial score (nSPS) is 19.8. The van der Waals surface area contributed by atoms with Crippen LogP contribution in [0.2, 0.25) is 5.02 Å². The minimum Gasteiger partial charge on any atom is -0.381 e. The summed E-state index contributed by atoms with van der Waals surface area (Å²) in [5.74, 6) is 0.343. The van der Waals surface area contributed by atoms with Gasteiger partial charge in [0, 0.05) is 25.1 Å². The molecule has 1 saturated heterocycles. The van der Waals surface area contributed by atoms with E-state index in [-0.39, 0.29) is 5.02 Å². The zero-order valence-electron chi connectivity index (χ0n) is 9.70. The Balaban J connectivity index is 2.04. The summed E-state index contributed by atoms with van der Waals surface area (Å²) in [5.41, 5.74) is 7.18. The molecule has 0 bridgehead atoms. The number of hydrogen-bond donors (Lipinski definition) is 1. The lowest BCUT2D eigenvalue weighted by Gasteiger charge is -2.11. The summed E-state index contributed by atoms with van der Waals surface area (Å²) in [4.78, 5) is 4.21. The molecule has 0 radical (unpaired) electrons. The van der Waals surface area contributed by atoms with Crippen LogP contribution in [0, 0.1) is 11.7 Å². The second-order valence-corrected chi connectivity index (χ2v) is 4.97. The second-order valence-electron chi connectivity index (χ2n) is 4.57. The van der Waals surface area contributed by atoms with Crippen molar-refractivity contribution in [1.29, 1.82) is 0 Å². The molecule has 0 spiro atoms. The van der Waals surface area contributed by atoms with Gasteiger partial charge in [-0.15, -0.1) is 0 Å². The van der Waals surface area contributed by atoms with Crippen molar-refractivity contribution in [3.63, 3.8) is 0 Å². The number of hydrogen-bond acceptors (Lipinski definition) is 3. The molecule has 1 fully saturated rings. The van der Waals surface area contributed by atoms with E-state index in [1.807, 2.05) is 4.57 Å². The highest BCUT2D eigenvalue weighted by atomic mass is 35.5. The van der Waals surface area contributed by atoms with Gasteiger partial charge in [-0.3, -0.25) is 0 Å². The Bertz CT molecular complexity index is 593. The van der Waals surface area contributed by atoms with Crippen molar-refractivity contribution in [2.24, 2.45) is 5.92 Å². The van der Waals surface area contributed by atoms with Gasteiger partial charge in [0.15, 0.2) is 0 Å². The molecule has 6 heteroatoms. The standard InChI is InChI=1S/C12H13ClFN3O/c13-8-3-10-11(4-9(8)14)17(12(15)16-10)5-7-1-2-18-6-7/h3-4,7H,1-2,5-6H2,(H2,15,16). The van der Waals surface area contributed by atoms with Crippen molar-refractivity contribution in [2.75, 3.05) is 18.9 Å². The van der Waals surface area contributed by atoms with Crippen molar-refractivity contribution in [1.82, 2.24) is 9.55 Å². The Kier molecular flexibility index (Phi) is 2.87. The van der Waals surface area contributed by atoms with E-state index >= 15 is 0 Å². The third-order valence-electron chi connectivity index (χ3n) is 3.28. The average molecular weight is 270 g/mol. The summed E-state index contributed by atoms with van der Waals surface area (Å²) in [7, 11) is 0. The van der Waals surface area contributed by atoms with Crippen molar-refractivity contribution < 1.29 is 9.13 Å². The van der Waals surface area contributed by atoms with Crippen LogP contribution >= 0.6 is 11.6 Å². The van der Waals surface area contributed by atoms with Crippen LogP contribution in [0.3, 0.4) is 0 Å². The quantitative estimate of drug-likeness (QED) is 0.911. The largest absolute Gasteiger partial charge is 0.381 e. The van der Waals surface area contributed by atoms with E-state index in [0.717, 1.165) is 19.6 Å². The van der Waals surface area contributed by atoms with Crippen molar-refractivity contribution in [2.45, 2.75) is 13.0 Å². The molecule has 18 heavy (non-hydrogen) atoms. The minimum absolute atomic E-state index is 0.0661. The number of nitrogens with zero attached hydrogens (tertiary/aromatic N) is 2. The minimum atomic E-state index is -0.451. The van der Waals surface area contributed by atoms with Crippen LogP contribution in [0.4, 0.5) is 10.3 Å². The summed E-state index contributed by atoms with van der Waals surface area (Å²) >= 11 is 5.73. The third kappa shape index (κ3) is 1.93. The Morgan fingerprint density at radius 3 is 3.11 bits per heavy atom. The smallest absolute Gasteiger partial charge is 0.201 e. The van der Waals surface area contributed by atoms with Crippen molar-refractivity contribution in [3.8, 4) is 0 Å². The number of halogens is 2. The molecule has 1 aliphatic rings. The van der Waals surface area contributed by atoms with Gasteiger partial charge < -0.3 is 15.0 Å². The third-order valence-corrected chi connectivity index (χ3v) is 3.57. The van der Waals surface area contributed by atoms with Crippen LogP contribution in [-0.4, -0.2) is 22.8 Å². The molecule has 1 atom stereocenters. The van der Waals surface area contributed by atoms with Gasteiger partial charge in [-0.1, -0.05) is 11.6 Å². The fraction of sp³-hybridized carbons (Fsp3) is 0.417. The first kappa shape index (κ1) is 11.7. The van der Waals surface area contributed by atoms with Crippen molar-refractivity contribution in [3.05, 3.63) is 23.0 Å². The van der Waals surface area contributed by atoms with E-state index in [2.05, 4.69) is 4.98 Å². The van der Waals surface area contributed by atoms with E-state index < -0.39 is 5.82 Å². The number of benzene rings is 1. The first-order valence-corrected chi connectivity index (χ1v) is 6.21. The first-order chi connectivity index (χ1) is 8.65. The van der Waals surface area contributed by atoms with Gasteiger partial charge in [0.1, 0.15) is 5.82 Å². The highest BCUT2D eigenvalue weighted by Gasteiger charge is 2.19. The maximum absolute atomic E-state index is 13.5. The molecule has 96 valence electrons. The Hall–Kier alpha value is -1.33. The first-order valence-electron chi connectivity index (χ1n) is 5.83. The Morgan fingerprint density at radius 1 is 1.56 bits per heavy atom. The molecule has 4 nitrogen and oxygen atoms in total. The predicted molar refractivity (Wildman–Crippen MR) is 68.0 cm³/mol. The van der Waals surface area contributed by atoms with E-state index in [0.29, 0.717) is 29.4 Å². The molecule has 2 N–H and O–H groups in total. The maximum atomic E-state index is 13.5. The van der Waals surface area contributed by atoms with Crippen LogP contribution in [0.15, 0.2) is 12.1 Å². The van der Waals surface area contributed by atoms with Crippen LogP contribution in [0.25, 0.3) is 11.0 Å². The summed E-state index contributed by atoms with van der Waals surface area (Å²) < 4.78 is 20.7. The fourth-order valence-corrected chi connectivity index (χ4v) is 2.47. The Labute approximate surface area is 108 Å². The van der Waals surface area contributed by atoms with E-state index in [9.17, 15) is 4.39 Å². The molecular formula is C12H13ClFN3O. The monoisotopic (exact) mass is 269 g/mol. The van der Waals surface area contributed by atoms with Gasteiger partial charge >= 0.3 is 0 Å². The molecule has 3 rings (SSSR count). The highest BCUT2D eigenvalue weighted by Crippen LogP contribution is 2.26. The summed E-state index contributed by atoms with van der Waals surface area (Å²) in [5, 5.41) is 0.0661. The number of aromatic nitrogens is 2. The summed E-state index contributed by atoms with van der Waals surface area (Å²) in [6.07, 6.45) is 0.995. The molecule has 0 amide bonds. The zero-order valence-corrected chi connectivity index (χ0v) is 10.5. The second kappa shape index (κ2) is 4.40. The number of anilines is 1. The molecule has 0 saturated carbocycles. The molecule has 1 aromatic heterocycles. The number of imidazole rings is 1. The van der Waals surface area contributed by atoms with Crippen molar-refractivity contribution >= 4 is 28.6 Å². The lowest BCUT2D eigenvalue weighted by Crippen LogP contribution is -2.12. The number of nitrogens with two attached hydrogens (primary N) is 1. The van der Waals surface area contributed by atoms with Crippen LogP contribution in [0.5, 0.6) is 0 Å². The van der Waals surface area contributed by atoms with Crippen LogP contribution < -0.4 is 5.73 Å². The van der Waals surface area contributed by atoms with Gasteiger partial charge in [-0.2, -0.15) is 0 Å². The van der Waals surface area contributed by atoms with Gasteiger partial charge in [0.2, 0.25) is 5.95 Å². The van der Waals surface area contributed by atoms with Gasteiger partial charge in [0.25, 0.3) is 0 Å². The topological polar surface area (TPSA) is 53.1 Å². The molecule has 2 aromatic rings. The molecule has 1 unspecified atom stereocenters. The van der Waals surface area contributed by atoms with Gasteiger partial charge in [-0.25, -0.2) is 9.37 Å². The van der Waals surface area contributed by atoms with Gasteiger partial charge in [0.05, 0.1) is 22.7 Å². The zero-order chi connectivity index (χ0) is 12.7. The SMILES string of the molecule is Nc1nc2cc(Cl)c(F)cc2n1CC1CCOC1. The lowest BCUT2D eigenvalue weighted by molar-refractivity contribution is 0.183. The number of nitrogen functional groups attached to an aromatic ring is 1. The predicted octanol–water partition coefficient (Wildman–Crippen LogP) is 2.45. The van der Waals surface area contributed by atoms with E-state index in [1.54, 1.807) is 0 Å². The Morgan fingerprint density at radius 2 is 2.39 bits per heavy atom. The average Bonchev–Trinajstić information content (AvgIpc) is 2.92. The number of fused-ring (bicyclic) bond motifs is 1. The molecule has 0 aliphatic carbocycles. The summed E-state index contributed by atoms with van der Waals surface area (Å²) in [6.45, 7) is 2.19. The molecule has 1 aliphatic heterocycles. The van der Waals surface area contributed by atoms with E-state index in [4.69, 9.17) is 22.1 Å². The molecule has 2 heterocycles. The highest BCUT2D eigenvalue weighted by molar-refractivity contribution is 6.31. The molecule has 1 aromatic carbocycles. The van der Waals surface area contributed by atoms with Crippen LogP contribution in [0.1, 0.15) is 6.42 Å².